The number of nitrogens with zero attached hydrogens (tertiary/aromatic N) is 2. The smallest absolute Gasteiger partial charge is 0.256 e. The molecule has 0 aliphatic heterocycles. The summed E-state index contributed by atoms with van der Waals surface area (Å²) in [7, 11) is -4.10. The van der Waals surface area contributed by atoms with Crippen molar-refractivity contribution in [1.82, 2.24) is 9.88 Å². The average molecular weight is 415 g/mol. The summed E-state index contributed by atoms with van der Waals surface area (Å²) in [5.41, 5.74) is 2.02. The van der Waals surface area contributed by atoms with Crippen molar-refractivity contribution in [2.45, 2.75) is 37.5 Å². The molecule has 0 radical (unpaired) electrons. The third kappa shape index (κ3) is 3.74. The van der Waals surface area contributed by atoms with Gasteiger partial charge in [-0.1, -0.05) is 6.07 Å². The number of fused-ring (bicyclic) bond motifs is 1. The van der Waals surface area contributed by atoms with Gasteiger partial charge in [0.05, 0.1) is 20.9 Å². The fraction of sp³-hybridized carbons (Fsp3) is 0.273. The van der Waals surface area contributed by atoms with Crippen molar-refractivity contribution in [3.63, 3.8) is 0 Å². The summed E-state index contributed by atoms with van der Waals surface area (Å²) in [4.78, 5) is 18.7. The van der Waals surface area contributed by atoms with Gasteiger partial charge >= 0.3 is 0 Å². The molecule has 3 rings (SSSR count). The molecule has 3 aromatic rings. The van der Waals surface area contributed by atoms with E-state index >= 15 is 0 Å². The van der Waals surface area contributed by atoms with Crippen molar-refractivity contribution in [1.29, 1.82) is 0 Å². The van der Waals surface area contributed by atoms with E-state index in [1.807, 2.05) is 27.7 Å². The molecule has 0 unspecified atom stereocenters. The van der Waals surface area contributed by atoms with E-state index in [0.29, 0.717) is 18.6 Å². The minimum absolute atomic E-state index is 0.0509. The third-order valence-corrected chi connectivity index (χ3v) is 6.97. The normalized spacial score (nSPS) is 11.6. The van der Waals surface area contributed by atoms with Crippen LogP contribution < -0.4 is 0 Å². The van der Waals surface area contributed by atoms with Crippen LogP contribution in [0.3, 0.4) is 0 Å². The van der Waals surface area contributed by atoms with Crippen LogP contribution in [-0.2, 0) is 9.84 Å². The molecule has 0 N–H and O–H groups in total. The first-order valence-electron chi connectivity index (χ1n) is 9.40. The number of carbonyl (C=O) groups excluding carboxylic acids is 1. The van der Waals surface area contributed by atoms with Gasteiger partial charge in [0.1, 0.15) is 5.82 Å². The van der Waals surface area contributed by atoms with Crippen LogP contribution >= 0.6 is 0 Å². The molecule has 0 atom stereocenters. The molecular formula is C22H23FN2O3S. The lowest BCUT2D eigenvalue weighted by molar-refractivity contribution is 0.0769. The quantitative estimate of drug-likeness (QED) is 0.624. The van der Waals surface area contributed by atoms with Crippen LogP contribution in [0.15, 0.2) is 52.4 Å². The van der Waals surface area contributed by atoms with Crippen LogP contribution in [0.5, 0.6) is 0 Å². The molecule has 0 spiro atoms. The van der Waals surface area contributed by atoms with E-state index in [-0.39, 0.29) is 20.7 Å². The second-order valence-corrected chi connectivity index (χ2v) is 8.78. The first-order chi connectivity index (χ1) is 13.7. The Hall–Kier alpha value is -2.80. The van der Waals surface area contributed by atoms with E-state index < -0.39 is 21.6 Å². The Morgan fingerprint density at radius 2 is 1.72 bits per heavy atom. The molecule has 5 nitrogen and oxygen atoms in total. The predicted octanol–water partition coefficient (Wildman–Crippen LogP) is 4.31. The van der Waals surface area contributed by atoms with Gasteiger partial charge < -0.3 is 4.90 Å². The Labute approximate surface area is 170 Å². The average Bonchev–Trinajstić information content (AvgIpc) is 2.69. The number of carbonyl (C=O) groups is 1. The summed E-state index contributed by atoms with van der Waals surface area (Å²) >= 11 is 0. The summed E-state index contributed by atoms with van der Waals surface area (Å²) in [5.74, 6) is -1.04. The van der Waals surface area contributed by atoms with E-state index in [0.717, 1.165) is 17.2 Å². The predicted molar refractivity (Wildman–Crippen MR) is 110 cm³/mol. The molecular weight excluding hydrogens is 391 g/mol. The van der Waals surface area contributed by atoms with Crippen molar-refractivity contribution in [2.75, 3.05) is 13.1 Å². The maximum Gasteiger partial charge on any atom is 0.256 e. The number of pyridine rings is 1. The van der Waals surface area contributed by atoms with Crippen molar-refractivity contribution in [3.05, 3.63) is 65.1 Å². The van der Waals surface area contributed by atoms with E-state index in [2.05, 4.69) is 4.98 Å². The number of halogens is 1. The van der Waals surface area contributed by atoms with Gasteiger partial charge in [0.15, 0.2) is 0 Å². The van der Waals surface area contributed by atoms with Crippen LogP contribution in [0, 0.1) is 19.7 Å². The molecule has 0 saturated heterocycles. The lowest BCUT2D eigenvalue weighted by atomic mass is 10.1. The van der Waals surface area contributed by atoms with Crippen LogP contribution in [0.25, 0.3) is 10.9 Å². The molecule has 29 heavy (non-hydrogen) atoms. The van der Waals surface area contributed by atoms with Crippen LogP contribution in [0.1, 0.15) is 35.3 Å². The monoisotopic (exact) mass is 414 g/mol. The maximum absolute atomic E-state index is 14.0. The van der Waals surface area contributed by atoms with Gasteiger partial charge in [-0.2, -0.15) is 0 Å². The highest BCUT2D eigenvalue weighted by molar-refractivity contribution is 7.91. The van der Waals surface area contributed by atoms with Gasteiger partial charge in [-0.25, -0.2) is 12.8 Å². The number of aryl methyl sites for hydroxylation is 2. The zero-order chi connectivity index (χ0) is 21.3. The number of benzene rings is 2. The summed E-state index contributed by atoms with van der Waals surface area (Å²) in [6.07, 6.45) is 1.27. The lowest BCUT2D eigenvalue weighted by Crippen LogP contribution is -2.31. The maximum atomic E-state index is 14.0. The zero-order valence-electron chi connectivity index (χ0n) is 16.9. The molecule has 1 aromatic heterocycles. The van der Waals surface area contributed by atoms with E-state index in [1.54, 1.807) is 12.1 Å². The largest absolute Gasteiger partial charge is 0.339 e. The standard InChI is InChI=1S/C22H23FN2O3S/c1-5-25(6-2)22(26)19-13-24-20-10-8-16(23)12-18(20)21(19)29(27,28)17-9-7-14(3)15(4)11-17/h7-13H,5-6H2,1-4H3. The van der Waals surface area contributed by atoms with E-state index in [4.69, 9.17) is 0 Å². The Morgan fingerprint density at radius 1 is 1.03 bits per heavy atom. The second kappa shape index (κ2) is 7.91. The fourth-order valence-electron chi connectivity index (χ4n) is 3.26. The molecule has 152 valence electrons. The van der Waals surface area contributed by atoms with Crippen LogP contribution in [0.4, 0.5) is 4.39 Å². The van der Waals surface area contributed by atoms with Gasteiger partial charge in [0, 0.05) is 24.7 Å². The number of sulfone groups is 1. The minimum atomic E-state index is -4.10. The molecule has 1 amide bonds. The first-order valence-corrected chi connectivity index (χ1v) is 10.9. The second-order valence-electron chi connectivity index (χ2n) is 6.89. The Kier molecular flexibility index (Phi) is 5.71. The van der Waals surface area contributed by atoms with Gasteiger partial charge in [-0.3, -0.25) is 9.78 Å². The number of hydrogen-bond donors (Lipinski definition) is 0. The molecule has 0 bridgehead atoms. The van der Waals surface area contributed by atoms with Gasteiger partial charge in [0.2, 0.25) is 9.84 Å². The summed E-state index contributed by atoms with van der Waals surface area (Å²) in [6.45, 7) is 8.16. The summed E-state index contributed by atoms with van der Waals surface area (Å²) in [5, 5.41) is 0.0984. The van der Waals surface area contributed by atoms with Crippen molar-refractivity contribution in [3.8, 4) is 0 Å². The molecule has 7 heteroatoms. The van der Waals surface area contributed by atoms with Gasteiger partial charge in [-0.05, 0) is 69.2 Å². The number of hydrogen-bond acceptors (Lipinski definition) is 4. The fourth-order valence-corrected chi connectivity index (χ4v) is 4.96. The van der Waals surface area contributed by atoms with E-state index in [1.165, 1.54) is 29.3 Å². The number of aromatic nitrogens is 1. The highest BCUT2D eigenvalue weighted by Crippen LogP contribution is 2.32. The Morgan fingerprint density at radius 3 is 2.34 bits per heavy atom. The van der Waals surface area contributed by atoms with Crippen LogP contribution in [0.2, 0.25) is 0 Å². The number of rotatable bonds is 5. The third-order valence-electron chi connectivity index (χ3n) is 5.12. The Balaban J connectivity index is 2.39. The highest BCUT2D eigenvalue weighted by Gasteiger charge is 2.30. The van der Waals surface area contributed by atoms with Crippen molar-refractivity contribution < 1.29 is 17.6 Å². The molecule has 0 fully saturated rings. The first kappa shape index (κ1) is 20.9. The van der Waals surface area contributed by atoms with Crippen molar-refractivity contribution >= 4 is 26.6 Å². The molecule has 1 heterocycles. The molecule has 0 aliphatic carbocycles. The van der Waals surface area contributed by atoms with Crippen LogP contribution in [-0.4, -0.2) is 37.3 Å². The zero-order valence-corrected chi connectivity index (χ0v) is 17.7. The number of amides is 1. The SMILES string of the molecule is CCN(CC)C(=O)c1cnc2ccc(F)cc2c1S(=O)(=O)c1ccc(C)c(C)c1. The van der Waals surface area contributed by atoms with Crippen molar-refractivity contribution in [2.24, 2.45) is 0 Å². The summed E-state index contributed by atoms with van der Waals surface area (Å²) in [6, 6.07) is 8.55. The molecule has 0 saturated carbocycles. The summed E-state index contributed by atoms with van der Waals surface area (Å²) < 4.78 is 41.3. The minimum Gasteiger partial charge on any atom is -0.339 e. The lowest BCUT2D eigenvalue weighted by Gasteiger charge is -2.21. The Bertz CT molecular complexity index is 1200. The van der Waals surface area contributed by atoms with Gasteiger partial charge in [-0.15, -0.1) is 0 Å². The topological polar surface area (TPSA) is 67.3 Å². The molecule has 0 aliphatic rings. The van der Waals surface area contributed by atoms with Gasteiger partial charge in [0.25, 0.3) is 5.91 Å². The molecule has 2 aromatic carbocycles. The highest BCUT2D eigenvalue weighted by atomic mass is 32.2. The van der Waals surface area contributed by atoms with E-state index in [9.17, 15) is 17.6 Å².